The topological polar surface area (TPSA) is 90.5 Å². The van der Waals surface area contributed by atoms with Crippen molar-refractivity contribution in [2.24, 2.45) is 0 Å². The number of amides is 1. The summed E-state index contributed by atoms with van der Waals surface area (Å²) in [6, 6.07) is 13.9. The van der Waals surface area contributed by atoms with Gasteiger partial charge in [-0.3, -0.25) is 9.78 Å². The van der Waals surface area contributed by atoms with Crippen LogP contribution in [0.2, 0.25) is 0 Å². The highest BCUT2D eigenvalue weighted by Crippen LogP contribution is 2.36. The molecule has 0 spiro atoms. The Morgan fingerprint density at radius 1 is 1.13 bits per heavy atom. The van der Waals surface area contributed by atoms with Gasteiger partial charge in [-0.1, -0.05) is 12.1 Å². The maximum absolute atomic E-state index is 13.1. The molecule has 3 aromatic heterocycles. The molecule has 1 aromatic carbocycles. The number of nitrogens with one attached hydrogen (secondary N) is 1. The number of carbonyl (C=O) groups excluding carboxylic acids is 1. The van der Waals surface area contributed by atoms with Crippen LogP contribution in [0.4, 0.5) is 5.69 Å². The summed E-state index contributed by atoms with van der Waals surface area (Å²) in [6.07, 6.45) is 5.76. The first kappa shape index (κ1) is 19.2. The quantitative estimate of drug-likeness (QED) is 0.519. The van der Waals surface area contributed by atoms with Crippen molar-refractivity contribution >= 4 is 11.6 Å². The smallest absolute Gasteiger partial charge is 0.257 e. The summed E-state index contributed by atoms with van der Waals surface area (Å²) in [5, 5.41) is 15.1. The molecule has 1 N–H and O–H groups in total. The third-order valence-corrected chi connectivity index (χ3v) is 5.67. The summed E-state index contributed by atoms with van der Waals surface area (Å²) in [4.78, 5) is 17.1. The second-order valence-electron chi connectivity index (χ2n) is 7.94. The minimum Gasteiger partial charge on any atom is -0.344 e. The Hall–Kier alpha value is -3.81. The molecule has 1 aliphatic carbocycles. The van der Waals surface area contributed by atoms with Crippen LogP contribution < -0.4 is 5.32 Å². The zero-order valence-electron chi connectivity index (χ0n) is 17.5. The predicted molar refractivity (Wildman–Crippen MR) is 117 cm³/mol. The molecule has 0 atom stereocenters. The molecular weight excluding hydrogens is 390 g/mol. The maximum atomic E-state index is 13.1. The van der Waals surface area contributed by atoms with E-state index in [0.717, 1.165) is 41.2 Å². The lowest BCUT2D eigenvalue weighted by Gasteiger charge is -2.10. The van der Waals surface area contributed by atoms with Crippen LogP contribution in [0.5, 0.6) is 0 Å². The van der Waals surface area contributed by atoms with Crippen LogP contribution in [-0.4, -0.2) is 35.7 Å². The predicted octanol–water partition coefficient (Wildman–Crippen LogP) is 3.79. The molecule has 5 rings (SSSR count). The number of rotatable bonds is 6. The Balaban J connectivity index is 1.37. The van der Waals surface area contributed by atoms with E-state index in [2.05, 4.69) is 30.4 Å². The highest BCUT2D eigenvalue weighted by molar-refractivity contribution is 6.05. The first-order valence-electron chi connectivity index (χ1n) is 10.4. The lowest BCUT2D eigenvalue weighted by Crippen LogP contribution is -2.13. The van der Waals surface area contributed by atoms with E-state index >= 15 is 0 Å². The molecule has 0 unspecified atom stereocenters. The van der Waals surface area contributed by atoms with Gasteiger partial charge in [-0.25, -0.2) is 4.68 Å². The molecule has 4 aromatic rings. The van der Waals surface area contributed by atoms with E-state index in [4.69, 9.17) is 0 Å². The number of aromatic nitrogens is 6. The second kappa shape index (κ2) is 7.79. The first-order chi connectivity index (χ1) is 15.1. The lowest BCUT2D eigenvalue weighted by atomic mass is 10.1. The second-order valence-corrected chi connectivity index (χ2v) is 7.94. The number of benzene rings is 1. The lowest BCUT2D eigenvalue weighted by molar-refractivity contribution is 0.102. The summed E-state index contributed by atoms with van der Waals surface area (Å²) in [6.45, 7) is 4.69. The van der Waals surface area contributed by atoms with E-state index in [1.165, 1.54) is 0 Å². The molecule has 1 fully saturated rings. The van der Waals surface area contributed by atoms with Crippen molar-refractivity contribution in [2.45, 2.75) is 39.3 Å². The minimum absolute atomic E-state index is 0.131. The first-order valence-corrected chi connectivity index (χ1v) is 10.4. The SMILES string of the molecule is Cc1cc(C(=O)Nc2cccc(-c3nnnn3C3CC3)c2)c(C)n1Cc1ccncc1. The van der Waals surface area contributed by atoms with Crippen LogP contribution in [0.25, 0.3) is 11.4 Å². The van der Waals surface area contributed by atoms with Crippen molar-refractivity contribution in [3.05, 3.63) is 77.4 Å². The van der Waals surface area contributed by atoms with E-state index in [0.29, 0.717) is 23.8 Å². The maximum Gasteiger partial charge on any atom is 0.257 e. The van der Waals surface area contributed by atoms with Crippen LogP contribution in [0.3, 0.4) is 0 Å². The van der Waals surface area contributed by atoms with E-state index in [9.17, 15) is 4.79 Å². The van der Waals surface area contributed by atoms with Gasteiger partial charge in [0.2, 0.25) is 0 Å². The standard InChI is InChI=1S/C23H23N7O/c1-15-12-21(16(2)29(15)14-17-8-10-24-11-9-17)23(31)25-19-5-3-4-18(13-19)22-26-27-28-30(22)20-6-7-20/h3-5,8-13,20H,6-7,14H2,1-2H3,(H,25,31). The van der Waals surface area contributed by atoms with Crippen LogP contribution >= 0.6 is 0 Å². The monoisotopic (exact) mass is 413 g/mol. The fraction of sp³-hybridized carbons (Fsp3) is 0.261. The molecule has 0 aliphatic heterocycles. The number of tetrazole rings is 1. The number of anilines is 1. The number of carbonyl (C=O) groups is 1. The van der Waals surface area contributed by atoms with Crippen molar-refractivity contribution < 1.29 is 4.79 Å². The third kappa shape index (κ3) is 3.84. The molecular formula is C23H23N7O. The highest BCUT2D eigenvalue weighted by atomic mass is 16.1. The van der Waals surface area contributed by atoms with Gasteiger partial charge in [0.25, 0.3) is 5.91 Å². The molecule has 0 saturated heterocycles. The van der Waals surface area contributed by atoms with Gasteiger partial charge >= 0.3 is 0 Å². The van der Waals surface area contributed by atoms with Gasteiger partial charge in [-0.2, -0.15) is 0 Å². The molecule has 3 heterocycles. The molecule has 156 valence electrons. The Morgan fingerprint density at radius 3 is 2.71 bits per heavy atom. The largest absolute Gasteiger partial charge is 0.344 e. The van der Waals surface area contributed by atoms with Gasteiger partial charge < -0.3 is 9.88 Å². The molecule has 1 saturated carbocycles. The molecule has 0 bridgehead atoms. The molecule has 31 heavy (non-hydrogen) atoms. The number of hydrogen-bond donors (Lipinski definition) is 1. The summed E-state index contributed by atoms with van der Waals surface area (Å²) < 4.78 is 4.01. The molecule has 1 amide bonds. The van der Waals surface area contributed by atoms with E-state index in [1.54, 1.807) is 12.4 Å². The summed E-state index contributed by atoms with van der Waals surface area (Å²) in [5.74, 6) is 0.599. The Morgan fingerprint density at radius 2 is 1.94 bits per heavy atom. The zero-order chi connectivity index (χ0) is 21.4. The van der Waals surface area contributed by atoms with E-state index in [-0.39, 0.29) is 5.91 Å². The highest BCUT2D eigenvalue weighted by Gasteiger charge is 2.28. The third-order valence-electron chi connectivity index (χ3n) is 5.67. The van der Waals surface area contributed by atoms with Gasteiger partial charge in [0.15, 0.2) is 5.82 Å². The molecule has 8 heteroatoms. The van der Waals surface area contributed by atoms with Crippen LogP contribution in [-0.2, 0) is 6.54 Å². The summed E-state index contributed by atoms with van der Waals surface area (Å²) in [7, 11) is 0. The zero-order valence-corrected chi connectivity index (χ0v) is 17.5. The Bertz CT molecular complexity index is 1240. The van der Waals surface area contributed by atoms with Crippen molar-refractivity contribution in [2.75, 3.05) is 5.32 Å². The van der Waals surface area contributed by atoms with E-state index in [1.807, 2.05) is 61.0 Å². The molecule has 1 aliphatic rings. The van der Waals surface area contributed by atoms with Gasteiger partial charge in [0.05, 0.1) is 11.6 Å². The van der Waals surface area contributed by atoms with E-state index < -0.39 is 0 Å². The van der Waals surface area contributed by atoms with Gasteiger partial charge in [0, 0.05) is 41.6 Å². The van der Waals surface area contributed by atoms with Gasteiger partial charge in [-0.15, -0.1) is 5.10 Å². The van der Waals surface area contributed by atoms with Crippen LogP contribution in [0, 0.1) is 13.8 Å². The van der Waals surface area contributed by atoms with Crippen molar-refractivity contribution in [1.82, 2.24) is 29.8 Å². The normalized spacial score (nSPS) is 13.4. The Kier molecular flexibility index (Phi) is 4.82. The fourth-order valence-corrected chi connectivity index (χ4v) is 3.83. The van der Waals surface area contributed by atoms with Crippen LogP contribution in [0.15, 0.2) is 54.9 Å². The van der Waals surface area contributed by atoms with Gasteiger partial charge in [-0.05, 0) is 73.0 Å². The van der Waals surface area contributed by atoms with Crippen molar-refractivity contribution in [3.8, 4) is 11.4 Å². The number of hydrogen-bond acceptors (Lipinski definition) is 5. The summed E-state index contributed by atoms with van der Waals surface area (Å²) in [5.41, 5.74) is 5.38. The van der Waals surface area contributed by atoms with Crippen LogP contribution in [0.1, 0.15) is 46.2 Å². The average Bonchev–Trinajstić information content (AvgIpc) is 3.44. The number of pyridine rings is 1. The van der Waals surface area contributed by atoms with Crippen molar-refractivity contribution in [3.63, 3.8) is 0 Å². The molecule has 0 radical (unpaired) electrons. The number of aryl methyl sites for hydroxylation is 1. The average molecular weight is 413 g/mol. The summed E-state index contributed by atoms with van der Waals surface area (Å²) >= 11 is 0. The number of nitrogens with zero attached hydrogens (tertiary/aromatic N) is 6. The molecule has 8 nitrogen and oxygen atoms in total. The van der Waals surface area contributed by atoms with Gasteiger partial charge in [0.1, 0.15) is 0 Å². The van der Waals surface area contributed by atoms with Crippen molar-refractivity contribution in [1.29, 1.82) is 0 Å². The fourth-order valence-electron chi connectivity index (χ4n) is 3.83. The Labute approximate surface area is 179 Å². The minimum atomic E-state index is -0.131.